The lowest BCUT2D eigenvalue weighted by molar-refractivity contribution is -0.0471. The van der Waals surface area contributed by atoms with Crippen LogP contribution in [0.5, 0.6) is 5.88 Å². The normalized spacial score (nSPS) is 21.1. The van der Waals surface area contributed by atoms with E-state index in [1.807, 2.05) is 6.92 Å². The summed E-state index contributed by atoms with van der Waals surface area (Å²) in [6, 6.07) is 3.50. The van der Waals surface area contributed by atoms with Gasteiger partial charge < -0.3 is 22.2 Å². The van der Waals surface area contributed by atoms with Gasteiger partial charge >= 0.3 is 16.2 Å². The lowest BCUT2D eigenvalue weighted by atomic mass is 10.1. The number of fused-ring (bicyclic) bond motifs is 1. The smallest absolute Gasteiger partial charge is 0.341 e. The highest BCUT2D eigenvalue weighted by atomic mass is 32.2. The third-order valence-electron chi connectivity index (χ3n) is 11.9. The van der Waals surface area contributed by atoms with E-state index in [1.165, 1.54) is 6.33 Å². The molecule has 1 aliphatic heterocycles. The zero-order chi connectivity index (χ0) is 40.5. The molecule has 1 aromatic carbocycles. The maximum atomic E-state index is 15.4. The Kier molecular flexibility index (Phi) is 11.9. The predicted molar refractivity (Wildman–Crippen MR) is 215 cm³/mol. The molecule has 2 aromatic heterocycles. The van der Waals surface area contributed by atoms with E-state index in [9.17, 15) is 8.42 Å². The van der Waals surface area contributed by atoms with Crippen molar-refractivity contribution in [2.24, 2.45) is 0 Å². The van der Waals surface area contributed by atoms with Crippen molar-refractivity contribution in [2.75, 3.05) is 6.61 Å². The zero-order valence-corrected chi connectivity index (χ0v) is 39.0. The highest BCUT2D eigenvalue weighted by molar-refractivity contribution is 7.87. The van der Waals surface area contributed by atoms with Crippen LogP contribution in [0.3, 0.4) is 0 Å². The molecule has 0 radical (unpaired) electrons. The van der Waals surface area contributed by atoms with Crippen LogP contribution in [-0.4, -0.2) is 77.8 Å². The Morgan fingerprint density at radius 1 is 0.792 bits per heavy atom. The van der Waals surface area contributed by atoms with Gasteiger partial charge in [0.2, 0.25) is 0 Å². The standard InChI is InChI=1S/C37H63FN4O7SSi3/c1-23-19-24(2)30(25(3)20-23)50(43,44)47-32-27-31(40-34(38)41-32)42(22-39-27)33-29(49-53(17,18)37(10,11)12)28(48-52(15,16)36(7,8)9)26(46-33)21-45-51(13,14)35(4,5)6/h19-20,22,26,28-29,33H,21H2,1-18H3/t26-,28-,29-,33-/m1/s1. The third kappa shape index (κ3) is 9.00. The van der Waals surface area contributed by atoms with Gasteiger partial charge in [-0.05, 0) is 86.3 Å². The lowest BCUT2D eigenvalue weighted by Gasteiger charge is -2.44. The fraction of sp³-hybridized carbons (Fsp3) is 0.703. The molecule has 16 heteroatoms. The molecule has 0 saturated carbocycles. The summed E-state index contributed by atoms with van der Waals surface area (Å²) in [5.74, 6) is -0.516. The van der Waals surface area contributed by atoms with Crippen LogP contribution in [0.1, 0.15) is 85.2 Å². The van der Waals surface area contributed by atoms with E-state index in [2.05, 4.69) is 117 Å². The van der Waals surface area contributed by atoms with E-state index < -0.39 is 71.6 Å². The van der Waals surface area contributed by atoms with Crippen LogP contribution >= 0.6 is 0 Å². The van der Waals surface area contributed by atoms with Gasteiger partial charge in [0.25, 0.3) is 5.88 Å². The Balaban J connectivity index is 1.89. The molecule has 0 amide bonds. The Hall–Kier alpha value is -2.06. The molecular formula is C37H63FN4O7SSi3. The van der Waals surface area contributed by atoms with Crippen molar-refractivity contribution in [1.82, 2.24) is 19.5 Å². The molecule has 298 valence electrons. The number of ether oxygens (including phenoxy) is 1. The van der Waals surface area contributed by atoms with Crippen molar-refractivity contribution in [1.29, 1.82) is 0 Å². The van der Waals surface area contributed by atoms with Crippen LogP contribution < -0.4 is 4.18 Å². The van der Waals surface area contributed by atoms with Crippen LogP contribution in [0.25, 0.3) is 11.2 Å². The first-order valence-electron chi connectivity index (χ1n) is 18.4. The van der Waals surface area contributed by atoms with Gasteiger partial charge in [-0.25, -0.2) is 4.98 Å². The number of aryl methyl sites for hydroxylation is 3. The molecule has 3 aromatic rings. The van der Waals surface area contributed by atoms with Crippen molar-refractivity contribution < 1.29 is 35.0 Å². The second-order valence-corrected chi connectivity index (χ2v) is 35.0. The number of benzene rings is 1. The number of imidazole rings is 1. The highest BCUT2D eigenvalue weighted by Crippen LogP contribution is 2.47. The molecule has 4 atom stereocenters. The maximum Gasteiger partial charge on any atom is 0.341 e. The minimum atomic E-state index is -4.43. The zero-order valence-electron chi connectivity index (χ0n) is 35.2. The van der Waals surface area contributed by atoms with Gasteiger partial charge in [-0.2, -0.15) is 22.8 Å². The molecule has 0 unspecified atom stereocenters. The van der Waals surface area contributed by atoms with Gasteiger partial charge in [-0.3, -0.25) is 4.57 Å². The Morgan fingerprint density at radius 2 is 1.28 bits per heavy atom. The minimum Gasteiger partial charge on any atom is -0.414 e. The topological polar surface area (TPSA) is 124 Å². The molecule has 1 aliphatic rings. The highest BCUT2D eigenvalue weighted by Gasteiger charge is 2.55. The monoisotopic (exact) mass is 810 g/mol. The summed E-state index contributed by atoms with van der Waals surface area (Å²) in [5, 5.41) is -0.331. The summed E-state index contributed by atoms with van der Waals surface area (Å²) in [5.41, 5.74) is 1.88. The lowest BCUT2D eigenvalue weighted by Crippen LogP contribution is -2.54. The third-order valence-corrected chi connectivity index (χ3v) is 26.8. The summed E-state index contributed by atoms with van der Waals surface area (Å²) in [6.45, 7) is 38.3. The summed E-state index contributed by atoms with van der Waals surface area (Å²) in [7, 11) is -11.6. The summed E-state index contributed by atoms with van der Waals surface area (Å²) in [6.07, 6.45) is -2.36. The van der Waals surface area contributed by atoms with Crippen LogP contribution in [0.2, 0.25) is 54.4 Å². The number of hydrogen-bond donors (Lipinski definition) is 0. The number of rotatable bonds is 11. The molecule has 0 bridgehead atoms. The summed E-state index contributed by atoms with van der Waals surface area (Å²) >= 11 is 0. The molecule has 11 nitrogen and oxygen atoms in total. The first-order chi connectivity index (χ1) is 23.8. The Morgan fingerprint density at radius 3 is 1.77 bits per heavy atom. The van der Waals surface area contributed by atoms with Crippen molar-refractivity contribution >= 4 is 46.2 Å². The van der Waals surface area contributed by atoms with E-state index in [0.717, 1.165) is 5.56 Å². The van der Waals surface area contributed by atoms with Crippen molar-refractivity contribution in [3.8, 4) is 5.88 Å². The molecule has 4 rings (SSSR count). The number of aromatic nitrogens is 4. The van der Waals surface area contributed by atoms with Gasteiger partial charge in [0.15, 0.2) is 42.3 Å². The van der Waals surface area contributed by atoms with E-state index >= 15 is 4.39 Å². The molecule has 1 saturated heterocycles. The van der Waals surface area contributed by atoms with Crippen LogP contribution in [0.4, 0.5) is 4.39 Å². The van der Waals surface area contributed by atoms with E-state index in [-0.39, 0.29) is 37.8 Å². The van der Waals surface area contributed by atoms with E-state index in [4.69, 9.17) is 22.2 Å². The fourth-order valence-corrected chi connectivity index (χ4v) is 10.6. The Labute approximate surface area is 320 Å². The molecule has 0 N–H and O–H groups in total. The molecule has 0 aliphatic carbocycles. The number of halogens is 1. The molecule has 3 heterocycles. The second kappa shape index (κ2) is 14.5. The van der Waals surface area contributed by atoms with Crippen LogP contribution in [0, 0.1) is 26.8 Å². The average Bonchev–Trinajstić information content (AvgIpc) is 3.49. The second-order valence-electron chi connectivity index (χ2n) is 19.2. The van der Waals surface area contributed by atoms with E-state index in [0.29, 0.717) is 11.1 Å². The van der Waals surface area contributed by atoms with Crippen LogP contribution in [0.15, 0.2) is 23.4 Å². The molecule has 1 fully saturated rings. The van der Waals surface area contributed by atoms with Gasteiger partial charge in [-0.1, -0.05) is 80.0 Å². The van der Waals surface area contributed by atoms with E-state index in [1.54, 1.807) is 30.5 Å². The average molecular weight is 811 g/mol. The van der Waals surface area contributed by atoms with Gasteiger partial charge in [0.1, 0.15) is 23.2 Å². The Bertz CT molecular complexity index is 1910. The van der Waals surface area contributed by atoms with Gasteiger partial charge in [-0.15, -0.1) is 0 Å². The van der Waals surface area contributed by atoms with Crippen molar-refractivity contribution in [2.45, 2.75) is 167 Å². The van der Waals surface area contributed by atoms with Crippen LogP contribution in [-0.2, 0) is 28.1 Å². The summed E-state index contributed by atoms with van der Waals surface area (Å²) in [4.78, 5) is 12.4. The van der Waals surface area contributed by atoms with Gasteiger partial charge in [0.05, 0.1) is 12.9 Å². The molecule has 53 heavy (non-hydrogen) atoms. The molecular weight excluding hydrogens is 748 g/mol. The fourth-order valence-electron chi connectivity index (χ4n) is 5.69. The SMILES string of the molecule is Cc1cc(C)c(S(=O)(=O)Oc2nc(F)nc3c2ncn3[C@@H]2O[C@H](CO[Si](C)(C)C(C)(C)C)[C@@H](O[Si](C)(C)C(C)(C)C)[C@H]2O[Si](C)(C)C(C)(C)C)c(C)c1. The van der Waals surface area contributed by atoms with Gasteiger partial charge in [0, 0.05) is 0 Å². The minimum absolute atomic E-state index is 0.00548. The maximum absolute atomic E-state index is 15.4. The predicted octanol–water partition coefficient (Wildman–Crippen LogP) is 9.36. The number of hydrogen-bond acceptors (Lipinski definition) is 10. The largest absolute Gasteiger partial charge is 0.414 e. The molecule has 0 spiro atoms. The first-order valence-corrected chi connectivity index (χ1v) is 28.5. The van der Waals surface area contributed by atoms with Crippen molar-refractivity contribution in [3.05, 3.63) is 41.2 Å². The number of nitrogens with zero attached hydrogens (tertiary/aromatic N) is 4. The summed E-state index contributed by atoms with van der Waals surface area (Å²) < 4.78 is 78.1. The quantitative estimate of drug-likeness (QED) is 0.105. The van der Waals surface area contributed by atoms with Crippen molar-refractivity contribution in [3.63, 3.8) is 0 Å². The first kappa shape index (κ1) is 43.7.